The molecule has 1 saturated heterocycles. The first-order valence-electron chi connectivity index (χ1n) is 11.5. The molecule has 6 heteroatoms. The maximum atomic E-state index is 13.3. The number of carbonyl (C=O) groups excluding carboxylic acids is 1. The van der Waals surface area contributed by atoms with Crippen molar-refractivity contribution in [3.63, 3.8) is 0 Å². The Hall–Kier alpha value is -2.56. The summed E-state index contributed by atoms with van der Waals surface area (Å²) in [6.07, 6.45) is 4.47. The number of halogens is 2. The van der Waals surface area contributed by atoms with Crippen LogP contribution in [0.25, 0.3) is 0 Å². The van der Waals surface area contributed by atoms with Crippen molar-refractivity contribution >= 4 is 34.9 Å². The van der Waals surface area contributed by atoms with Gasteiger partial charge in [0.2, 0.25) is 5.91 Å². The van der Waals surface area contributed by atoms with Crippen LogP contribution >= 0.6 is 23.2 Å². The number of amides is 1. The van der Waals surface area contributed by atoms with E-state index in [1.54, 1.807) is 6.20 Å². The zero-order valence-electron chi connectivity index (χ0n) is 18.8. The Morgan fingerprint density at radius 1 is 1.06 bits per heavy atom. The van der Waals surface area contributed by atoms with Crippen LogP contribution in [0.5, 0.6) is 0 Å². The minimum atomic E-state index is -0.0513. The number of carbonyl (C=O) groups is 1. The van der Waals surface area contributed by atoms with Gasteiger partial charge in [-0.25, -0.2) is 4.98 Å². The molecule has 0 aliphatic carbocycles. The number of piperidine rings is 1. The van der Waals surface area contributed by atoms with Gasteiger partial charge < -0.3 is 10.2 Å². The first-order chi connectivity index (χ1) is 16.0. The molecule has 33 heavy (non-hydrogen) atoms. The summed E-state index contributed by atoms with van der Waals surface area (Å²) in [6, 6.07) is 21.7. The van der Waals surface area contributed by atoms with Gasteiger partial charge in [-0.3, -0.25) is 4.79 Å². The molecule has 172 valence electrons. The van der Waals surface area contributed by atoms with Crippen LogP contribution in [-0.4, -0.2) is 30.0 Å². The van der Waals surface area contributed by atoms with Crippen LogP contribution in [0.1, 0.15) is 36.8 Å². The number of anilines is 1. The predicted molar refractivity (Wildman–Crippen MR) is 136 cm³/mol. The van der Waals surface area contributed by atoms with Gasteiger partial charge in [0.15, 0.2) is 0 Å². The molecule has 1 fully saturated rings. The van der Waals surface area contributed by atoms with E-state index in [1.165, 1.54) is 5.56 Å². The fraction of sp³-hybridized carbons (Fsp3) is 0.333. The summed E-state index contributed by atoms with van der Waals surface area (Å²) in [5.41, 5.74) is 2.33. The molecule has 0 radical (unpaired) electrons. The topological polar surface area (TPSA) is 45.2 Å². The molecular formula is C27H29Cl2N3O. The second-order valence-corrected chi connectivity index (χ2v) is 9.63. The Balaban J connectivity index is 1.47. The van der Waals surface area contributed by atoms with Crippen molar-refractivity contribution in [3.8, 4) is 0 Å². The molecule has 1 aromatic heterocycles. The fourth-order valence-electron chi connectivity index (χ4n) is 4.55. The van der Waals surface area contributed by atoms with Gasteiger partial charge in [-0.15, -0.1) is 0 Å². The van der Waals surface area contributed by atoms with Gasteiger partial charge in [-0.2, -0.15) is 0 Å². The van der Waals surface area contributed by atoms with Crippen molar-refractivity contribution < 1.29 is 4.79 Å². The number of benzene rings is 2. The molecule has 1 amide bonds. The molecule has 2 aromatic carbocycles. The number of hydrogen-bond acceptors (Lipinski definition) is 3. The minimum Gasteiger partial charge on any atom is -0.356 e. The second kappa shape index (κ2) is 11.0. The summed E-state index contributed by atoms with van der Waals surface area (Å²) in [6.45, 7) is 3.71. The predicted octanol–water partition coefficient (Wildman–Crippen LogP) is 6.14. The zero-order valence-corrected chi connectivity index (χ0v) is 20.3. The van der Waals surface area contributed by atoms with Crippen molar-refractivity contribution in [2.75, 3.05) is 18.0 Å². The van der Waals surface area contributed by atoms with Crippen molar-refractivity contribution in [1.29, 1.82) is 0 Å². The largest absolute Gasteiger partial charge is 0.356 e. The molecule has 1 N–H and O–H groups in total. The van der Waals surface area contributed by atoms with Crippen LogP contribution in [0.4, 0.5) is 5.82 Å². The van der Waals surface area contributed by atoms with E-state index < -0.39 is 0 Å². The Labute approximate surface area is 205 Å². The highest BCUT2D eigenvalue weighted by Crippen LogP contribution is 2.28. The monoisotopic (exact) mass is 481 g/mol. The van der Waals surface area contributed by atoms with Crippen molar-refractivity contribution in [1.82, 2.24) is 10.3 Å². The molecule has 1 aliphatic rings. The van der Waals surface area contributed by atoms with Gasteiger partial charge >= 0.3 is 0 Å². The number of nitrogens with one attached hydrogen (secondary N) is 1. The molecule has 3 atom stereocenters. The first kappa shape index (κ1) is 23.6. The highest BCUT2D eigenvalue weighted by Gasteiger charge is 2.29. The van der Waals surface area contributed by atoms with Crippen LogP contribution in [-0.2, 0) is 11.2 Å². The molecule has 0 saturated carbocycles. The number of hydrogen-bond donors (Lipinski definition) is 1. The third-order valence-corrected chi connectivity index (χ3v) is 6.91. The highest BCUT2D eigenvalue weighted by molar-refractivity contribution is 6.30. The molecule has 0 spiro atoms. The standard InChI is InChI=1S/C27H29Cl2N3O/c1-19(31-27(33)22-5-4-16-32(18-22)26-6-2-3-15-30-26)25(21-9-13-24(29)14-10-21)17-20-7-11-23(28)12-8-20/h2-3,6-15,19,22,25H,4-5,16-18H2,1H3,(H,31,33). The molecule has 3 aromatic rings. The van der Waals surface area contributed by atoms with E-state index >= 15 is 0 Å². The second-order valence-electron chi connectivity index (χ2n) is 8.76. The summed E-state index contributed by atoms with van der Waals surface area (Å²) < 4.78 is 0. The van der Waals surface area contributed by atoms with E-state index in [-0.39, 0.29) is 23.8 Å². The van der Waals surface area contributed by atoms with Crippen LogP contribution < -0.4 is 10.2 Å². The minimum absolute atomic E-state index is 0.0421. The molecule has 0 bridgehead atoms. The third kappa shape index (κ3) is 6.27. The summed E-state index contributed by atoms with van der Waals surface area (Å²) >= 11 is 12.2. The third-order valence-electron chi connectivity index (χ3n) is 6.41. The maximum absolute atomic E-state index is 13.3. The molecular weight excluding hydrogens is 453 g/mol. The maximum Gasteiger partial charge on any atom is 0.225 e. The smallest absolute Gasteiger partial charge is 0.225 e. The Bertz CT molecular complexity index is 1040. The quantitative estimate of drug-likeness (QED) is 0.440. The average molecular weight is 482 g/mol. The van der Waals surface area contributed by atoms with Crippen molar-refractivity contribution in [3.05, 3.63) is 94.1 Å². The van der Waals surface area contributed by atoms with E-state index in [0.717, 1.165) is 42.2 Å². The van der Waals surface area contributed by atoms with Crippen LogP contribution in [0, 0.1) is 5.92 Å². The first-order valence-corrected chi connectivity index (χ1v) is 12.2. The highest BCUT2D eigenvalue weighted by atomic mass is 35.5. The summed E-state index contributed by atoms with van der Waals surface area (Å²) in [5, 5.41) is 4.75. The van der Waals surface area contributed by atoms with Gasteiger partial charge in [0, 0.05) is 41.3 Å². The Morgan fingerprint density at radius 2 is 1.76 bits per heavy atom. The van der Waals surface area contributed by atoms with Crippen molar-refractivity contribution in [2.24, 2.45) is 5.92 Å². The van der Waals surface area contributed by atoms with Crippen LogP contribution in [0.3, 0.4) is 0 Å². The van der Waals surface area contributed by atoms with E-state index in [2.05, 4.69) is 34.3 Å². The van der Waals surface area contributed by atoms with E-state index in [4.69, 9.17) is 23.2 Å². The molecule has 1 aliphatic heterocycles. The summed E-state index contributed by atoms with van der Waals surface area (Å²) in [7, 11) is 0. The summed E-state index contributed by atoms with van der Waals surface area (Å²) in [5.74, 6) is 1.11. The van der Waals surface area contributed by atoms with Gasteiger partial charge in [-0.1, -0.05) is 53.5 Å². The van der Waals surface area contributed by atoms with Gasteiger partial charge in [0.05, 0.1) is 5.92 Å². The fourth-order valence-corrected chi connectivity index (χ4v) is 4.80. The lowest BCUT2D eigenvalue weighted by Crippen LogP contribution is -2.47. The SMILES string of the molecule is CC(NC(=O)C1CCCN(c2ccccn2)C1)C(Cc1ccc(Cl)cc1)c1ccc(Cl)cc1. The molecule has 3 unspecified atom stereocenters. The Morgan fingerprint density at radius 3 is 2.42 bits per heavy atom. The lowest BCUT2D eigenvalue weighted by molar-refractivity contribution is -0.126. The number of pyridine rings is 1. The Kier molecular flexibility index (Phi) is 7.89. The molecule has 4 nitrogen and oxygen atoms in total. The number of nitrogens with zero attached hydrogens (tertiary/aromatic N) is 2. The van der Waals surface area contributed by atoms with E-state index in [1.807, 2.05) is 54.6 Å². The lowest BCUT2D eigenvalue weighted by Gasteiger charge is -2.34. The number of aromatic nitrogens is 1. The lowest BCUT2D eigenvalue weighted by atomic mass is 9.86. The summed E-state index contributed by atoms with van der Waals surface area (Å²) in [4.78, 5) is 19.9. The van der Waals surface area contributed by atoms with Crippen LogP contribution in [0.2, 0.25) is 10.0 Å². The average Bonchev–Trinajstić information content (AvgIpc) is 2.85. The van der Waals surface area contributed by atoms with Gasteiger partial charge in [-0.05, 0) is 73.7 Å². The number of rotatable bonds is 7. The van der Waals surface area contributed by atoms with E-state index in [0.29, 0.717) is 11.6 Å². The normalized spacial score (nSPS) is 17.9. The van der Waals surface area contributed by atoms with Gasteiger partial charge in [0.1, 0.15) is 5.82 Å². The van der Waals surface area contributed by atoms with Gasteiger partial charge in [0.25, 0.3) is 0 Å². The zero-order chi connectivity index (χ0) is 23.2. The molecule has 4 rings (SSSR count). The van der Waals surface area contributed by atoms with E-state index in [9.17, 15) is 4.79 Å². The van der Waals surface area contributed by atoms with Crippen LogP contribution in [0.15, 0.2) is 72.9 Å². The van der Waals surface area contributed by atoms with Crippen molar-refractivity contribution in [2.45, 2.75) is 38.1 Å². The molecule has 2 heterocycles.